The second kappa shape index (κ2) is 8.95. The van der Waals surface area contributed by atoms with Crippen molar-refractivity contribution in [3.05, 3.63) is 41.5 Å². The number of piperidine rings is 1. The number of alkyl halides is 2. The van der Waals surface area contributed by atoms with Crippen LogP contribution in [0.25, 0.3) is 11.3 Å². The van der Waals surface area contributed by atoms with Crippen molar-refractivity contribution in [1.29, 1.82) is 0 Å². The lowest BCUT2D eigenvalue weighted by molar-refractivity contribution is -0.135. The van der Waals surface area contributed by atoms with Crippen LogP contribution in [0.15, 0.2) is 30.3 Å². The summed E-state index contributed by atoms with van der Waals surface area (Å²) in [5.74, 6) is -3.39. The van der Waals surface area contributed by atoms with Gasteiger partial charge in [-0.05, 0) is 62.2 Å². The van der Waals surface area contributed by atoms with Gasteiger partial charge in [-0.3, -0.25) is 4.79 Å². The van der Waals surface area contributed by atoms with Gasteiger partial charge >= 0.3 is 10.2 Å². The normalized spacial score (nSPS) is 22.4. The van der Waals surface area contributed by atoms with Gasteiger partial charge in [-0.1, -0.05) is 12.1 Å². The van der Waals surface area contributed by atoms with Crippen molar-refractivity contribution in [1.82, 2.24) is 15.2 Å². The largest absolute Gasteiger partial charge is 0.341 e. The number of rotatable bonds is 6. The number of hydrogen-bond donors (Lipinski definition) is 1. The van der Waals surface area contributed by atoms with Crippen LogP contribution in [0, 0.1) is 18.8 Å². The van der Waals surface area contributed by atoms with E-state index in [2.05, 4.69) is 10.3 Å². The Morgan fingerprint density at radius 2 is 1.92 bits per heavy atom. The summed E-state index contributed by atoms with van der Waals surface area (Å²) in [4.78, 5) is 19.3. The molecule has 8 nitrogen and oxygen atoms in total. The molecule has 36 heavy (non-hydrogen) atoms. The van der Waals surface area contributed by atoms with Crippen LogP contribution in [-0.4, -0.2) is 63.9 Å². The number of nitrogens with one attached hydrogen (secondary N) is 1. The Labute approximate surface area is 210 Å². The first-order chi connectivity index (χ1) is 17.0. The number of nitrogens with zero attached hydrogens (tertiary/aromatic N) is 4. The van der Waals surface area contributed by atoms with E-state index >= 15 is 0 Å². The molecule has 2 fully saturated rings. The number of amides is 1. The molecule has 3 aliphatic rings. The Morgan fingerprint density at radius 3 is 2.58 bits per heavy atom. The van der Waals surface area contributed by atoms with E-state index in [4.69, 9.17) is 0 Å². The minimum absolute atomic E-state index is 0.0376. The molecule has 2 aromatic rings. The molecule has 1 saturated carbocycles. The average molecular weight is 520 g/mol. The molecule has 1 atom stereocenters. The summed E-state index contributed by atoms with van der Waals surface area (Å²) >= 11 is 0. The van der Waals surface area contributed by atoms with Crippen LogP contribution >= 0.6 is 0 Å². The maximum atomic E-state index is 13.5. The Kier molecular flexibility index (Phi) is 6.19. The zero-order valence-electron chi connectivity index (χ0n) is 20.7. The molecule has 1 amide bonds. The van der Waals surface area contributed by atoms with E-state index in [-0.39, 0.29) is 30.6 Å². The highest BCUT2D eigenvalue weighted by atomic mass is 32.2. The van der Waals surface area contributed by atoms with E-state index in [1.165, 1.54) is 7.05 Å². The number of halogens is 2. The third kappa shape index (κ3) is 4.43. The first-order valence-electron chi connectivity index (χ1n) is 12.2. The first-order valence-corrected chi connectivity index (χ1v) is 13.6. The third-order valence-electron chi connectivity index (χ3n) is 7.45. The summed E-state index contributed by atoms with van der Waals surface area (Å²) in [6.45, 7) is 3.85. The predicted molar refractivity (Wildman–Crippen MR) is 134 cm³/mol. The van der Waals surface area contributed by atoms with Crippen LogP contribution in [0.4, 0.5) is 20.3 Å². The molecule has 0 radical (unpaired) electrons. The van der Waals surface area contributed by atoms with E-state index in [1.807, 2.05) is 32.2 Å². The summed E-state index contributed by atoms with van der Waals surface area (Å²) in [7, 11) is -0.757. The van der Waals surface area contributed by atoms with Gasteiger partial charge in [0.15, 0.2) is 5.82 Å². The second-order valence-electron chi connectivity index (χ2n) is 10.1. The number of hydrogen-bond acceptors (Lipinski definition) is 5. The maximum absolute atomic E-state index is 13.5. The van der Waals surface area contributed by atoms with Crippen LogP contribution in [0.2, 0.25) is 0 Å². The first kappa shape index (κ1) is 24.9. The fourth-order valence-corrected chi connectivity index (χ4v) is 6.44. The Morgan fingerprint density at radius 1 is 1.22 bits per heavy atom. The molecular weight excluding hydrogens is 488 g/mol. The smallest absolute Gasteiger partial charge is 0.327 e. The molecule has 1 aliphatic carbocycles. The van der Waals surface area contributed by atoms with Gasteiger partial charge in [-0.15, -0.1) is 0 Å². The lowest BCUT2D eigenvalue weighted by Gasteiger charge is -2.27. The van der Waals surface area contributed by atoms with E-state index < -0.39 is 22.0 Å². The number of anilines is 2. The average Bonchev–Trinajstić information content (AvgIpc) is 3.42. The predicted octanol–water partition coefficient (Wildman–Crippen LogP) is 3.17. The van der Waals surface area contributed by atoms with E-state index in [0.717, 1.165) is 51.2 Å². The highest BCUT2D eigenvalue weighted by molar-refractivity contribution is 7.94. The molecular formula is C25H31F2N5O3S. The van der Waals surface area contributed by atoms with E-state index in [1.54, 1.807) is 17.0 Å². The minimum atomic E-state index is -3.96. The molecule has 1 saturated heterocycles. The number of aromatic nitrogens is 1. The van der Waals surface area contributed by atoms with E-state index in [9.17, 15) is 22.0 Å². The standard InChI is InChI=1S/C25H31F2N5O3S/c1-16-4-5-17(14-30(2)24(33)18-8-10-28-11-9-18)12-20(16)21-6-7-22-23(29-21)31(3)36(34,35)32(22)15-19-13-25(19,26)27/h4-7,12,18-19,28H,8-11,13-15H2,1-3H3. The second-order valence-corrected chi connectivity index (χ2v) is 12.0. The van der Waals surface area contributed by atoms with Gasteiger partial charge in [0.25, 0.3) is 5.92 Å². The summed E-state index contributed by atoms with van der Waals surface area (Å²) in [6, 6.07) is 9.28. The number of carbonyl (C=O) groups is 1. The van der Waals surface area contributed by atoms with Crippen LogP contribution in [0.5, 0.6) is 0 Å². The van der Waals surface area contributed by atoms with Crippen LogP contribution < -0.4 is 13.9 Å². The molecule has 5 rings (SSSR count). The van der Waals surface area contributed by atoms with Gasteiger partial charge in [0.2, 0.25) is 5.91 Å². The Bertz CT molecular complexity index is 1300. The topological polar surface area (TPSA) is 85.9 Å². The number of benzene rings is 1. The third-order valence-corrected chi connectivity index (χ3v) is 9.22. The van der Waals surface area contributed by atoms with Crippen molar-refractivity contribution in [2.75, 3.05) is 42.3 Å². The molecule has 0 spiro atoms. The molecule has 3 heterocycles. The van der Waals surface area contributed by atoms with Crippen LogP contribution in [0.3, 0.4) is 0 Å². The highest BCUT2D eigenvalue weighted by Gasteiger charge is 2.59. The summed E-state index contributed by atoms with van der Waals surface area (Å²) < 4.78 is 55.0. The van der Waals surface area contributed by atoms with Crippen molar-refractivity contribution >= 4 is 27.6 Å². The molecule has 1 unspecified atom stereocenters. The molecule has 194 valence electrons. The Hall–Kier alpha value is -2.79. The SMILES string of the molecule is Cc1ccc(CN(C)C(=O)C2CCNCC2)cc1-c1ccc2c(n1)N(C)S(=O)(=O)N2CC1CC1(F)F. The van der Waals surface area contributed by atoms with E-state index in [0.29, 0.717) is 17.9 Å². The summed E-state index contributed by atoms with van der Waals surface area (Å²) in [5.41, 5.74) is 3.62. The summed E-state index contributed by atoms with van der Waals surface area (Å²) in [5, 5.41) is 3.28. The van der Waals surface area contributed by atoms with Crippen molar-refractivity contribution in [3.8, 4) is 11.3 Å². The number of carbonyl (C=O) groups excluding carboxylic acids is 1. The molecule has 11 heteroatoms. The van der Waals surface area contributed by atoms with Crippen molar-refractivity contribution in [3.63, 3.8) is 0 Å². The number of pyridine rings is 1. The lowest BCUT2D eigenvalue weighted by atomic mass is 9.96. The minimum Gasteiger partial charge on any atom is -0.341 e. The van der Waals surface area contributed by atoms with Gasteiger partial charge in [0.1, 0.15) is 0 Å². The molecule has 1 N–H and O–H groups in total. The van der Waals surface area contributed by atoms with Crippen molar-refractivity contribution in [2.24, 2.45) is 11.8 Å². The monoisotopic (exact) mass is 519 g/mol. The zero-order chi connectivity index (χ0) is 25.8. The fraction of sp³-hybridized carbons (Fsp3) is 0.520. The molecule has 0 bridgehead atoms. The Balaban J connectivity index is 1.39. The molecule has 1 aromatic heterocycles. The lowest BCUT2D eigenvalue weighted by Crippen LogP contribution is -2.38. The molecule has 2 aliphatic heterocycles. The maximum Gasteiger partial charge on any atom is 0.327 e. The van der Waals surface area contributed by atoms with Crippen LogP contribution in [0.1, 0.15) is 30.4 Å². The highest BCUT2D eigenvalue weighted by Crippen LogP contribution is 2.51. The zero-order valence-corrected chi connectivity index (χ0v) is 21.5. The fourth-order valence-electron chi connectivity index (χ4n) is 5.04. The van der Waals surface area contributed by atoms with Gasteiger partial charge in [-0.2, -0.15) is 8.42 Å². The summed E-state index contributed by atoms with van der Waals surface area (Å²) in [6.07, 6.45) is 1.38. The van der Waals surface area contributed by atoms with Crippen LogP contribution in [-0.2, 0) is 21.5 Å². The van der Waals surface area contributed by atoms with Gasteiger partial charge in [0, 0.05) is 51.0 Å². The van der Waals surface area contributed by atoms with Crippen molar-refractivity contribution in [2.45, 2.75) is 38.7 Å². The molecule has 1 aromatic carbocycles. The quantitative estimate of drug-likeness (QED) is 0.634. The number of fused-ring (bicyclic) bond motifs is 1. The van der Waals surface area contributed by atoms with Gasteiger partial charge < -0.3 is 10.2 Å². The van der Waals surface area contributed by atoms with Gasteiger partial charge in [0.05, 0.1) is 11.4 Å². The number of aryl methyl sites for hydroxylation is 1. The van der Waals surface area contributed by atoms with Gasteiger partial charge in [-0.25, -0.2) is 22.4 Å². The van der Waals surface area contributed by atoms with Crippen molar-refractivity contribution < 1.29 is 22.0 Å².